The summed E-state index contributed by atoms with van der Waals surface area (Å²) in [7, 11) is 0. The van der Waals surface area contributed by atoms with Gasteiger partial charge in [-0.3, -0.25) is 0 Å². The van der Waals surface area contributed by atoms with E-state index in [1.54, 1.807) is 6.92 Å². The van der Waals surface area contributed by atoms with Gasteiger partial charge in [-0.1, -0.05) is 6.07 Å². The molecule has 19 heavy (non-hydrogen) atoms. The van der Waals surface area contributed by atoms with Gasteiger partial charge in [-0.05, 0) is 44.0 Å². The van der Waals surface area contributed by atoms with Crippen LogP contribution in [0.2, 0.25) is 0 Å². The molecule has 3 nitrogen and oxygen atoms in total. The summed E-state index contributed by atoms with van der Waals surface area (Å²) in [6.45, 7) is 6.29. The Balaban J connectivity index is 2.61. The van der Waals surface area contributed by atoms with Gasteiger partial charge in [0.15, 0.2) is 5.82 Å². The number of nitrogens with one attached hydrogen (secondary N) is 1. The lowest BCUT2D eigenvalue weighted by molar-refractivity contribution is 0.588. The summed E-state index contributed by atoms with van der Waals surface area (Å²) >= 11 is 0. The van der Waals surface area contributed by atoms with Crippen molar-refractivity contribution in [2.24, 2.45) is 0 Å². The molecule has 5 heteroatoms. The maximum atomic E-state index is 13.8. The van der Waals surface area contributed by atoms with Gasteiger partial charge >= 0.3 is 0 Å². The van der Waals surface area contributed by atoms with E-state index >= 15 is 0 Å². The van der Waals surface area contributed by atoms with Crippen LogP contribution in [0.4, 0.5) is 14.6 Å². The fourth-order valence-electron chi connectivity index (χ4n) is 1.90. The standard InChI is InChI=1S/C14H15F2N3/c1-4-17-14-9(3)8(2)13(18-19-14)12-10(15)6-5-7-11(12)16/h5-7H,4H2,1-3H3,(H,17,19). The third-order valence-electron chi connectivity index (χ3n) is 3.07. The van der Waals surface area contributed by atoms with E-state index in [0.717, 1.165) is 11.1 Å². The van der Waals surface area contributed by atoms with Gasteiger partial charge in [0.05, 0.1) is 5.56 Å². The summed E-state index contributed by atoms with van der Waals surface area (Å²) in [4.78, 5) is 0. The van der Waals surface area contributed by atoms with E-state index in [-0.39, 0.29) is 11.3 Å². The smallest absolute Gasteiger partial charge is 0.151 e. The molecule has 0 unspecified atom stereocenters. The number of hydrogen-bond acceptors (Lipinski definition) is 3. The Morgan fingerprint density at radius 3 is 2.26 bits per heavy atom. The third kappa shape index (κ3) is 2.41. The second-order valence-corrected chi connectivity index (χ2v) is 4.27. The van der Waals surface area contributed by atoms with Gasteiger partial charge in [-0.2, -0.15) is 0 Å². The minimum absolute atomic E-state index is 0.126. The molecular formula is C14H15F2N3. The molecule has 1 aromatic carbocycles. The molecule has 2 rings (SSSR count). The average molecular weight is 263 g/mol. The van der Waals surface area contributed by atoms with Crippen molar-refractivity contribution < 1.29 is 8.78 Å². The number of aromatic nitrogens is 2. The van der Waals surface area contributed by atoms with E-state index in [2.05, 4.69) is 15.5 Å². The molecule has 0 amide bonds. The Bertz CT molecular complexity index is 592. The molecule has 0 fully saturated rings. The molecule has 0 saturated heterocycles. The quantitative estimate of drug-likeness (QED) is 0.921. The molecule has 0 bridgehead atoms. The number of benzene rings is 1. The van der Waals surface area contributed by atoms with Crippen molar-refractivity contribution in [2.45, 2.75) is 20.8 Å². The third-order valence-corrected chi connectivity index (χ3v) is 3.07. The lowest BCUT2D eigenvalue weighted by Crippen LogP contribution is -2.07. The van der Waals surface area contributed by atoms with Crippen LogP contribution in [-0.2, 0) is 0 Å². The summed E-state index contributed by atoms with van der Waals surface area (Å²) in [6.07, 6.45) is 0. The van der Waals surface area contributed by atoms with Gasteiger partial charge in [0.2, 0.25) is 0 Å². The number of rotatable bonds is 3. The van der Waals surface area contributed by atoms with Gasteiger partial charge in [0, 0.05) is 6.54 Å². The van der Waals surface area contributed by atoms with E-state index in [9.17, 15) is 8.78 Å². The first-order valence-electron chi connectivity index (χ1n) is 6.08. The maximum Gasteiger partial charge on any atom is 0.151 e. The molecule has 1 N–H and O–H groups in total. The van der Waals surface area contributed by atoms with Crippen LogP contribution < -0.4 is 5.32 Å². The monoisotopic (exact) mass is 263 g/mol. The molecule has 0 saturated carbocycles. The zero-order valence-electron chi connectivity index (χ0n) is 11.1. The molecule has 1 heterocycles. The van der Waals surface area contributed by atoms with Gasteiger partial charge in [-0.15, -0.1) is 10.2 Å². The molecule has 2 aromatic rings. The largest absolute Gasteiger partial charge is 0.369 e. The summed E-state index contributed by atoms with van der Waals surface area (Å²) < 4.78 is 27.5. The van der Waals surface area contributed by atoms with Crippen molar-refractivity contribution in [1.29, 1.82) is 0 Å². The van der Waals surface area contributed by atoms with Crippen LogP contribution in [0.3, 0.4) is 0 Å². The van der Waals surface area contributed by atoms with Crippen LogP contribution in [0.5, 0.6) is 0 Å². The second-order valence-electron chi connectivity index (χ2n) is 4.27. The topological polar surface area (TPSA) is 37.8 Å². The van der Waals surface area contributed by atoms with Crippen LogP contribution in [-0.4, -0.2) is 16.7 Å². The Kier molecular flexibility index (Phi) is 3.74. The Hall–Kier alpha value is -2.04. The first kappa shape index (κ1) is 13.4. The zero-order chi connectivity index (χ0) is 14.0. The molecule has 0 atom stereocenters. The van der Waals surface area contributed by atoms with Crippen LogP contribution in [0.15, 0.2) is 18.2 Å². The van der Waals surface area contributed by atoms with E-state index in [0.29, 0.717) is 12.4 Å². The van der Waals surface area contributed by atoms with Crippen molar-refractivity contribution in [3.05, 3.63) is 41.0 Å². The van der Waals surface area contributed by atoms with E-state index in [1.807, 2.05) is 13.8 Å². The Morgan fingerprint density at radius 2 is 1.68 bits per heavy atom. The summed E-state index contributed by atoms with van der Waals surface area (Å²) in [6, 6.07) is 3.76. The van der Waals surface area contributed by atoms with Crippen molar-refractivity contribution in [1.82, 2.24) is 10.2 Å². The van der Waals surface area contributed by atoms with Crippen molar-refractivity contribution in [3.63, 3.8) is 0 Å². The number of nitrogens with zero attached hydrogens (tertiary/aromatic N) is 2. The predicted octanol–water partition coefficient (Wildman–Crippen LogP) is 3.47. The minimum atomic E-state index is -0.631. The van der Waals surface area contributed by atoms with Gasteiger partial charge in [0.25, 0.3) is 0 Å². The first-order valence-corrected chi connectivity index (χ1v) is 6.08. The van der Waals surface area contributed by atoms with Crippen LogP contribution in [0, 0.1) is 25.5 Å². The molecule has 0 radical (unpaired) electrons. The Morgan fingerprint density at radius 1 is 1.05 bits per heavy atom. The fraction of sp³-hybridized carbons (Fsp3) is 0.286. The molecular weight excluding hydrogens is 248 g/mol. The SMILES string of the molecule is CCNc1nnc(-c2c(F)cccc2F)c(C)c1C. The van der Waals surface area contributed by atoms with E-state index < -0.39 is 11.6 Å². The summed E-state index contributed by atoms with van der Waals surface area (Å²) in [5.41, 5.74) is 1.68. The second kappa shape index (κ2) is 5.30. The highest BCUT2D eigenvalue weighted by Gasteiger charge is 2.17. The highest BCUT2D eigenvalue weighted by Crippen LogP contribution is 2.29. The maximum absolute atomic E-state index is 13.8. The number of hydrogen-bond donors (Lipinski definition) is 1. The van der Waals surface area contributed by atoms with E-state index in [4.69, 9.17) is 0 Å². The highest BCUT2D eigenvalue weighted by atomic mass is 19.1. The highest BCUT2D eigenvalue weighted by molar-refractivity contribution is 5.67. The molecule has 0 aliphatic rings. The van der Waals surface area contributed by atoms with Gasteiger partial charge in [-0.25, -0.2) is 8.78 Å². The summed E-state index contributed by atoms with van der Waals surface area (Å²) in [5, 5.41) is 11.0. The Labute approximate surface area is 110 Å². The van der Waals surface area contributed by atoms with Crippen molar-refractivity contribution >= 4 is 5.82 Å². The molecule has 0 aliphatic heterocycles. The number of anilines is 1. The lowest BCUT2D eigenvalue weighted by atomic mass is 10.0. The summed E-state index contributed by atoms with van der Waals surface area (Å²) in [5.74, 6) is -0.624. The van der Waals surface area contributed by atoms with Crippen LogP contribution in [0.25, 0.3) is 11.3 Å². The first-order chi connectivity index (χ1) is 9.06. The van der Waals surface area contributed by atoms with Gasteiger partial charge < -0.3 is 5.32 Å². The molecule has 1 aromatic heterocycles. The minimum Gasteiger partial charge on any atom is -0.369 e. The van der Waals surface area contributed by atoms with Crippen molar-refractivity contribution in [3.8, 4) is 11.3 Å². The molecule has 0 aliphatic carbocycles. The number of halogens is 2. The molecule has 100 valence electrons. The predicted molar refractivity (Wildman–Crippen MR) is 71.0 cm³/mol. The lowest BCUT2D eigenvalue weighted by Gasteiger charge is -2.12. The van der Waals surface area contributed by atoms with E-state index in [1.165, 1.54) is 18.2 Å². The normalized spacial score (nSPS) is 10.6. The molecule has 0 spiro atoms. The van der Waals surface area contributed by atoms with Gasteiger partial charge in [0.1, 0.15) is 17.3 Å². The zero-order valence-corrected chi connectivity index (χ0v) is 11.1. The van der Waals surface area contributed by atoms with Crippen molar-refractivity contribution in [2.75, 3.05) is 11.9 Å². The van der Waals surface area contributed by atoms with Crippen LogP contribution >= 0.6 is 0 Å². The fourth-order valence-corrected chi connectivity index (χ4v) is 1.90. The van der Waals surface area contributed by atoms with Crippen LogP contribution in [0.1, 0.15) is 18.1 Å². The average Bonchev–Trinajstić information content (AvgIpc) is 2.37.